The van der Waals surface area contributed by atoms with Crippen molar-refractivity contribution in [3.8, 4) is 0 Å². The van der Waals surface area contributed by atoms with E-state index in [1.54, 1.807) is 0 Å². The number of aromatic carboxylic acids is 1. The number of carboxylic acid groups (broad SMARTS) is 1. The molecule has 0 bridgehead atoms. The second-order valence-corrected chi connectivity index (χ2v) is 8.07. The molecule has 2 aliphatic rings. The second kappa shape index (κ2) is 4.26. The maximum atomic E-state index is 12.1. The van der Waals surface area contributed by atoms with Crippen molar-refractivity contribution in [2.75, 3.05) is 6.54 Å². The minimum atomic E-state index is -3.77. The molecule has 0 amide bonds. The summed E-state index contributed by atoms with van der Waals surface area (Å²) in [5, 5.41) is 8.91. The van der Waals surface area contributed by atoms with Crippen molar-refractivity contribution in [2.45, 2.75) is 29.9 Å². The van der Waals surface area contributed by atoms with Gasteiger partial charge >= 0.3 is 5.97 Å². The fourth-order valence-electron chi connectivity index (χ4n) is 2.46. The summed E-state index contributed by atoms with van der Waals surface area (Å²) in [5.41, 5.74) is 0.987. The minimum Gasteiger partial charge on any atom is -0.476 e. The zero-order valence-electron chi connectivity index (χ0n) is 10.1. The summed E-state index contributed by atoms with van der Waals surface area (Å²) in [6.45, 7) is 0.414. The number of hydrogen-bond acceptors (Lipinski definition) is 5. The quantitative estimate of drug-likeness (QED) is 0.826. The Morgan fingerprint density at radius 2 is 2.21 bits per heavy atom. The van der Waals surface area contributed by atoms with Gasteiger partial charge < -0.3 is 5.11 Å². The van der Waals surface area contributed by atoms with Crippen LogP contribution in [0.25, 0.3) is 0 Å². The Kier molecular flexibility index (Phi) is 2.91. The van der Waals surface area contributed by atoms with Gasteiger partial charge in [0.15, 0.2) is 9.90 Å². The van der Waals surface area contributed by atoms with E-state index in [9.17, 15) is 13.2 Å². The largest absolute Gasteiger partial charge is 0.476 e. The van der Waals surface area contributed by atoms with Crippen molar-refractivity contribution in [1.82, 2.24) is 9.71 Å². The van der Waals surface area contributed by atoms with E-state index >= 15 is 0 Å². The van der Waals surface area contributed by atoms with Gasteiger partial charge in [-0.3, -0.25) is 0 Å². The molecule has 0 saturated heterocycles. The predicted octanol–water partition coefficient (Wildman–Crippen LogP) is 1.31. The smallest absolute Gasteiger partial charge is 0.356 e. The summed E-state index contributed by atoms with van der Waals surface area (Å²) in [6.07, 6.45) is 4.49. The average molecular weight is 302 g/mol. The van der Waals surface area contributed by atoms with Gasteiger partial charge in [0.2, 0.25) is 0 Å². The fourth-order valence-corrected chi connectivity index (χ4v) is 4.78. The van der Waals surface area contributed by atoms with Gasteiger partial charge in [0.05, 0.1) is 5.51 Å². The molecule has 0 radical (unpaired) electrons. The highest BCUT2D eigenvalue weighted by Gasteiger charge is 2.53. The summed E-state index contributed by atoms with van der Waals surface area (Å²) in [6, 6.07) is 0. The molecule has 104 valence electrons. The van der Waals surface area contributed by atoms with E-state index in [2.05, 4.69) is 9.71 Å². The Morgan fingerprint density at radius 1 is 1.53 bits per heavy atom. The molecule has 19 heavy (non-hydrogen) atoms. The van der Waals surface area contributed by atoms with Crippen LogP contribution in [0.4, 0.5) is 0 Å². The zero-order chi connectivity index (χ0) is 13.7. The van der Waals surface area contributed by atoms with Gasteiger partial charge in [-0.1, -0.05) is 0 Å². The molecule has 2 fully saturated rings. The van der Waals surface area contributed by atoms with E-state index in [0.717, 1.165) is 24.2 Å². The van der Waals surface area contributed by atoms with Crippen molar-refractivity contribution in [1.29, 1.82) is 0 Å². The number of thiazole rings is 1. The van der Waals surface area contributed by atoms with E-state index in [1.165, 1.54) is 18.4 Å². The molecule has 0 aromatic carbocycles. The van der Waals surface area contributed by atoms with E-state index in [1.807, 2.05) is 0 Å². The maximum absolute atomic E-state index is 12.1. The summed E-state index contributed by atoms with van der Waals surface area (Å²) in [4.78, 5) is 14.5. The topological polar surface area (TPSA) is 96.4 Å². The zero-order valence-corrected chi connectivity index (χ0v) is 11.8. The Morgan fingerprint density at radius 3 is 2.74 bits per heavy atom. The Hall–Kier alpha value is -0.990. The Bertz CT molecular complexity index is 614. The maximum Gasteiger partial charge on any atom is 0.356 e. The normalized spacial score (nSPS) is 21.3. The van der Waals surface area contributed by atoms with Crippen molar-refractivity contribution in [3.63, 3.8) is 0 Å². The number of aromatic nitrogens is 1. The van der Waals surface area contributed by atoms with Crippen molar-refractivity contribution < 1.29 is 18.3 Å². The first-order chi connectivity index (χ1) is 8.95. The first-order valence-electron chi connectivity index (χ1n) is 6.11. The van der Waals surface area contributed by atoms with Crippen LogP contribution in [-0.2, 0) is 10.0 Å². The van der Waals surface area contributed by atoms with E-state index in [4.69, 9.17) is 5.11 Å². The van der Waals surface area contributed by atoms with Gasteiger partial charge in [0.1, 0.15) is 0 Å². The second-order valence-electron chi connectivity index (χ2n) is 5.25. The third-order valence-corrected chi connectivity index (χ3v) is 6.70. The van der Waals surface area contributed by atoms with Crippen LogP contribution in [0, 0.1) is 11.3 Å². The van der Waals surface area contributed by atoms with Crippen LogP contribution in [0.5, 0.6) is 0 Å². The monoisotopic (exact) mass is 302 g/mol. The number of sulfonamides is 1. The SMILES string of the molecule is O=C(O)c1ncsc1S(=O)(=O)NCC1(C2CC2)CC1. The van der Waals surface area contributed by atoms with Crippen molar-refractivity contribution in [2.24, 2.45) is 11.3 Å². The van der Waals surface area contributed by atoms with Gasteiger partial charge in [0.25, 0.3) is 10.0 Å². The number of rotatable bonds is 6. The van der Waals surface area contributed by atoms with Gasteiger partial charge in [-0.2, -0.15) is 0 Å². The number of carboxylic acids is 1. The van der Waals surface area contributed by atoms with Crippen molar-refractivity contribution in [3.05, 3.63) is 11.2 Å². The predicted molar refractivity (Wildman–Crippen MR) is 68.7 cm³/mol. The molecule has 0 aliphatic heterocycles. The van der Waals surface area contributed by atoms with Crippen LogP contribution < -0.4 is 4.72 Å². The lowest BCUT2D eigenvalue weighted by atomic mass is 10.0. The average Bonchev–Trinajstić information content (AvgIpc) is 3.24. The number of nitrogens with zero attached hydrogens (tertiary/aromatic N) is 1. The van der Waals surface area contributed by atoms with E-state index in [-0.39, 0.29) is 9.62 Å². The molecule has 6 nitrogen and oxygen atoms in total. The van der Waals surface area contributed by atoms with E-state index < -0.39 is 21.7 Å². The summed E-state index contributed by atoms with van der Waals surface area (Å²) < 4.78 is 26.6. The van der Waals surface area contributed by atoms with Crippen molar-refractivity contribution >= 4 is 27.3 Å². The molecular weight excluding hydrogens is 288 g/mol. The lowest BCUT2D eigenvalue weighted by Gasteiger charge is -2.14. The summed E-state index contributed by atoms with van der Waals surface area (Å²) in [7, 11) is -3.77. The third kappa shape index (κ3) is 2.39. The number of hydrogen-bond donors (Lipinski definition) is 2. The first-order valence-corrected chi connectivity index (χ1v) is 8.47. The van der Waals surface area contributed by atoms with Crippen LogP contribution >= 0.6 is 11.3 Å². The summed E-state index contributed by atoms with van der Waals surface area (Å²) in [5.74, 6) is -0.666. The van der Waals surface area contributed by atoms with Crippen LogP contribution in [0.2, 0.25) is 0 Å². The molecule has 2 aliphatic carbocycles. The molecule has 1 aromatic heterocycles. The molecule has 0 atom stereocenters. The molecule has 3 rings (SSSR count). The van der Waals surface area contributed by atoms with E-state index in [0.29, 0.717) is 12.5 Å². The summed E-state index contributed by atoms with van der Waals surface area (Å²) >= 11 is 0.837. The van der Waals surface area contributed by atoms with Gasteiger partial charge in [-0.05, 0) is 37.0 Å². The molecule has 2 N–H and O–H groups in total. The van der Waals surface area contributed by atoms with Gasteiger partial charge in [-0.15, -0.1) is 11.3 Å². The highest BCUT2D eigenvalue weighted by molar-refractivity contribution is 7.91. The van der Waals surface area contributed by atoms with Gasteiger partial charge in [0, 0.05) is 6.54 Å². The molecule has 1 aromatic rings. The molecule has 0 spiro atoms. The minimum absolute atomic E-state index is 0.140. The third-order valence-electron chi connectivity index (χ3n) is 3.93. The molecule has 1 heterocycles. The van der Waals surface area contributed by atoms with Crippen LogP contribution in [0.15, 0.2) is 9.72 Å². The fraction of sp³-hybridized carbons (Fsp3) is 0.636. The van der Waals surface area contributed by atoms with Crippen LogP contribution in [-0.4, -0.2) is 31.0 Å². The lowest BCUT2D eigenvalue weighted by Crippen LogP contribution is -2.31. The number of nitrogens with one attached hydrogen (secondary N) is 1. The lowest BCUT2D eigenvalue weighted by molar-refractivity contribution is 0.0687. The molecular formula is C11H14N2O4S2. The molecule has 2 saturated carbocycles. The molecule has 8 heteroatoms. The molecule has 0 unspecified atom stereocenters. The Balaban J connectivity index is 1.75. The highest BCUT2D eigenvalue weighted by Crippen LogP contribution is 2.60. The van der Waals surface area contributed by atoms with Crippen LogP contribution in [0.1, 0.15) is 36.2 Å². The standard InChI is InChI=1S/C11H14N2O4S2/c14-9(15)8-10(18-6-12-8)19(16,17)13-5-11(3-4-11)7-1-2-7/h6-7,13H,1-5H2,(H,14,15). The highest BCUT2D eigenvalue weighted by atomic mass is 32.2. The van der Waals surface area contributed by atoms with Crippen LogP contribution in [0.3, 0.4) is 0 Å². The van der Waals surface area contributed by atoms with Gasteiger partial charge in [-0.25, -0.2) is 22.9 Å². The number of carbonyl (C=O) groups is 1. The first kappa shape index (κ1) is 13.0. The Labute approximate surface area is 114 Å².